The lowest BCUT2D eigenvalue weighted by molar-refractivity contribution is 0.314. The molecule has 2 aromatic carbocycles. The molecule has 5 nitrogen and oxygen atoms in total. The van der Waals surface area contributed by atoms with E-state index in [1.165, 1.54) is 4.31 Å². The van der Waals surface area contributed by atoms with E-state index in [0.29, 0.717) is 38.5 Å². The van der Waals surface area contributed by atoms with Gasteiger partial charge in [0.05, 0.1) is 14.9 Å². The van der Waals surface area contributed by atoms with Crippen molar-refractivity contribution in [2.45, 2.75) is 23.9 Å². The number of likely N-dealkylation sites (tertiary alicyclic amines) is 1. The van der Waals surface area contributed by atoms with Crippen molar-refractivity contribution in [3.63, 3.8) is 0 Å². The maximum atomic E-state index is 13.6. The molecule has 0 aliphatic carbocycles. The summed E-state index contributed by atoms with van der Waals surface area (Å²) in [6, 6.07) is 9.76. The first kappa shape index (κ1) is 21.9. The summed E-state index contributed by atoms with van der Waals surface area (Å²) >= 11 is 18.8. The highest BCUT2D eigenvalue weighted by Crippen LogP contribution is 2.33. The second kappa shape index (κ2) is 8.90. The van der Waals surface area contributed by atoms with E-state index in [2.05, 4.69) is 38.1 Å². The van der Waals surface area contributed by atoms with Gasteiger partial charge in [-0.15, -0.1) is 0 Å². The van der Waals surface area contributed by atoms with Crippen LogP contribution in [0.25, 0.3) is 0 Å². The molecule has 1 unspecified atom stereocenters. The molecule has 1 saturated heterocycles. The van der Waals surface area contributed by atoms with Crippen molar-refractivity contribution in [2.75, 3.05) is 13.1 Å². The van der Waals surface area contributed by atoms with Crippen molar-refractivity contribution in [3.8, 4) is 6.19 Å². The normalized spacial score (nSPS) is 17.1. The Morgan fingerprint density at radius 1 is 1.18 bits per heavy atom. The lowest BCUT2D eigenvalue weighted by Crippen LogP contribution is -2.41. The van der Waals surface area contributed by atoms with E-state index in [-0.39, 0.29) is 17.5 Å². The molecule has 0 bridgehead atoms. The van der Waals surface area contributed by atoms with Gasteiger partial charge in [-0.25, -0.2) is 8.42 Å². The van der Waals surface area contributed by atoms with Crippen LogP contribution in [-0.2, 0) is 16.6 Å². The Labute approximate surface area is 191 Å². The number of nitriles is 1. The minimum absolute atomic E-state index is 0.127. The molecule has 2 aromatic rings. The van der Waals surface area contributed by atoms with Crippen molar-refractivity contribution in [1.82, 2.24) is 9.21 Å². The molecule has 0 N–H and O–H groups in total. The summed E-state index contributed by atoms with van der Waals surface area (Å²) in [6.07, 6.45) is 2.67. The Balaban J connectivity index is 2.03. The van der Waals surface area contributed by atoms with E-state index >= 15 is 0 Å². The van der Waals surface area contributed by atoms with Gasteiger partial charge in [-0.2, -0.15) is 9.57 Å². The van der Waals surface area contributed by atoms with Crippen LogP contribution < -0.4 is 0 Å². The largest absolute Gasteiger partial charge is 0.309 e. The lowest BCUT2D eigenvalue weighted by Gasteiger charge is -2.28. The highest BCUT2D eigenvalue weighted by Gasteiger charge is 2.37. The fourth-order valence-electron chi connectivity index (χ4n) is 3.10. The molecule has 0 radical (unpaired) electrons. The first-order valence-corrected chi connectivity index (χ1v) is 12.1. The average molecular weight is 568 g/mol. The maximum absolute atomic E-state index is 13.6. The number of hydrogen-bond acceptors (Lipinski definition) is 4. The van der Waals surface area contributed by atoms with Crippen molar-refractivity contribution >= 4 is 65.1 Å². The first-order chi connectivity index (χ1) is 13.2. The minimum Gasteiger partial charge on any atom is -0.309 e. The molecule has 0 amide bonds. The first-order valence-electron chi connectivity index (χ1n) is 8.28. The highest BCUT2D eigenvalue weighted by molar-refractivity contribution is 9.11. The molecule has 1 aliphatic heterocycles. The van der Waals surface area contributed by atoms with E-state index < -0.39 is 10.0 Å². The van der Waals surface area contributed by atoms with E-state index in [9.17, 15) is 13.7 Å². The molecular formula is C18H15Br2Cl2N3O2S. The number of halogens is 4. The van der Waals surface area contributed by atoms with Crippen molar-refractivity contribution in [1.29, 1.82) is 5.26 Å². The molecule has 0 saturated carbocycles. The van der Waals surface area contributed by atoms with Gasteiger partial charge in [0, 0.05) is 34.6 Å². The Kier molecular flexibility index (Phi) is 6.96. The Morgan fingerprint density at radius 2 is 1.93 bits per heavy atom. The molecule has 1 atom stereocenters. The quantitative estimate of drug-likeness (QED) is 0.462. The van der Waals surface area contributed by atoms with Crippen molar-refractivity contribution < 1.29 is 8.42 Å². The number of hydrogen-bond donors (Lipinski definition) is 0. The van der Waals surface area contributed by atoms with Gasteiger partial charge < -0.3 is 4.90 Å². The van der Waals surface area contributed by atoms with Gasteiger partial charge in [0.15, 0.2) is 6.19 Å². The van der Waals surface area contributed by atoms with Gasteiger partial charge in [0.2, 0.25) is 10.0 Å². The summed E-state index contributed by atoms with van der Waals surface area (Å²) in [7, 11) is -3.85. The molecule has 1 fully saturated rings. The van der Waals surface area contributed by atoms with E-state index in [1.807, 2.05) is 0 Å². The number of sulfonamides is 1. The van der Waals surface area contributed by atoms with Crippen LogP contribution in [0, 0.1) is 11.5 Å². The predicted molar refractivity (Wildman–Crippen MR) is 117 cm³/mol. The van der Waals surface area contributed by atoms with Gasteiger partial charge >= 0.3 is 0 Å². The molecule has 148 valence electrons. The molecule has 28 heavy (non-hydrogen) atoms. The Bertz CT molecular complexity index is 1040. The lowest BCUT2D eigenvalue weighted by atomic mass is 10.2. The van der Waals surface area contributed by atoms with Crippen LogP contribution in [0.5, 0.6) is 0 Å². The maximum Gasteiger partial charge on any atom is 0.244 e. The summed E-state index contributed by atoms with van der Waals surface area (Å²) in [5.74, 6) is 0. The van der Waals surface area contributed by atoms with Crippen LogP contribution in [0.2, 0.25) is 10.0 Å². The van der Waals surface area contributed by atoms with Crippen LogP contribution in [0.4, 0.5) is 0 Å². The van der Waals surface area contributed by atoms with Gasteiger partial charge in [-0.3, -0.25) is 0 Å². The Hall–Kier alpha value is -0.820. The zero-order chi connectivity index (χ0) is 20.5. The smallest absolute Gasteiger partial charge is 0.244 e. The highest BCUT2D eigenvalue weighted by atomic mass is 79.9. The van der Waals surface area contributed by atoms with Gasteiger partial charge in [-0.1, -0.05) is 45.2 Å². The standard InChI is InChI=1S/C18H15Br2Cl2N3O2S/c19-13-2-3-15(20)18(8-13)28(26,27)25(14-5-6-24(10-14)11-23)9-12-1-4-16(21)17(22)7-12/h1-4,7-8,14H,5-6,9-10H2. The zero-order valence-electron chi connectivity index (χ0n) is 14.4. The SMILES string of the molecule is N#CN1CCC(N(Cc2ccc(Cl)c(Cl)c2)S(=O)(=O)c2cc(Br)ccc2Br)C1. The van der Waals surface area contributed by atoms with Crippen molar-refractivity contribution in [2.24, 2.45) is 0 Å². The second-order valence-electron chi connectivity index (χ2n) is 6.36. The molecular weight excluding hydrogens is 553 g/mol. The van der Waals surface area contributed by atoms with Gasteiger partial charge in [0.1, 0.15) is 0 Å². The predicted octanol–water partition coefficient (Wildman–Crippen LogP) is 5.26. The van der Waals surface area contributed by atoms with E-state index in [0.717, 1.165) is 5.56 Å². The van der Waals surface area contributed by atoms with Crippen LogP contribution in [-0.4, -0.2) is 36.8 Å². The summed E-state index contributed by atoms with van der Waals surface area (Å²) < 4.78 is 29.7. The number of nitrogens with zero attached hydrogens (tertiary/aromatic N) is 3. The molecule has 1 aliphatic rings. The third-order valence-corrected chi connectivity index (χ3v) is 8.64. The molecule has 3 rings (SSSR count). The third-order valence-electron chi connectivity index (χ3n) is 4.51. The van der Waals surface area contributed by atoms with Crippen LogP contribution >= 0.6 is 55.1 Å². The van der Waals surface area contributed by atoms with Crippen LogP contribution in [0.3, 0.4) is 0 Å². The van der Waals surface area contributed by atoms with Crippen LogP contribution in [0.1, 0.15) is 12.0 Å². The summed E-state index contributed by atoms with van der Waals surface area (Å²) in [5.41, 5.74) is 0.722. The molecule has 0 spiro atoms. The van der Waals surface area contributed by atoms with Crippen molar-refractivity contribution in [3.05, 3.63) is 61.0 Å². The second-order valence-corrected chi connectivity index (χ2v) is 10.8. The number of rotatable bonds is 5. The Morgan fingerprint density at radius 3 is 2.57 bits per heavy atom. The van der Waals surface area contributed by atoms with E-state index in [4.69, 9.17) is 23.2 Å². The van der Waals surface area contributed by atoms with Crippen LogP contribution in [0.15, 0.2) is 50.2 Å². The van der Waals surface area contributed by atoms with E-state index in [1.54, 1.807) is 41.3 Å². The molecule has 0 aromatic heterocycles. The molecule has 10 heteroatoms. The topological polar surface area (TPSA) is 64.4 Å². The third kappa shape index (κ3) is 4.66. The average Bonchev–Trinajstić information content (AvgIpc) is 3.13. The monoisotopic (exact) mass is 565 g/mol. The van der Waals surface area contributed by atoms with Gasteiger partial charge in [-0.05, 0) is 58.2 Å². The number of benzene rings is 2. The fraction of sp³-hybridized carbons (Fsp3) is 0.278. The van der Waals surface area contributed by atoms with Gasteiger partial charge in [0.25, 0.3) is 0 Å². The molecule has 1 heterocycles. The summed E-state index contributed by atoms with van der Waals surface area (Å²) in [6.45, 7) is 0.999. The zero-order valence-corrected chi connectivity index (χ0v) is 19.9. The fourth-order valence-corrected chi connectivity index (χ4v) is 6.52. The summed E-state index contributed by atoms with van der Waals surface area (Å²) in [5, 5.41) is 9.96. The summed E-state index contributed by atoms with van der Waals surface area (Å²) in [4.78, 5) is 1.73. The minimum atomic E-state index is -3.85.